The average molecular weight is 557 g/mol. The number of rotatable bonds is 5. The summed E-state index contributed by atoms with van der Waals surface area (Å²) in [7, 11) is -4.36. The molecule has 3 aromatic heterocycles. The molecule has 4 heterocycles. The van der Waals surface area contributed by atoms with Crippen LogP contribution in [0.3, 0.4) is 0 Å². The van der Waals surface area contributed by atoms with Crippen molar-refractivity contribution in [3.05, 3.63) is 83.8 Å². The third-order valence-electron chi connectivity index (χ3n) is 6.28. The van der Waals surface area contributed by atoms with Gasteiger partial charge < -0.3 is 4.90 Å². The summed E-state index contributed by atoms with van der Waals surface area (Å²) in [6.07, 6.45) is 3.45. The van der Waals surface area contributed by atoms with Gasteiger partial charge in [-0.2, -0.15) is 4.31 Å². The van der Waals surface area contributed by atoms with Crippen molar-refractivity contribution in [2.45, 2.75) is 4.90 Å². The number of benzene rings is 2. The molecular weight excluding hydrogens is 537 g/mol. The van der Waals surface area contributed by atoms with Crippen LogP contribution < -0.4 is 4.90 Å². The van der Waals surface area contributed by atoms with Gasteiger partial charge in [-0.25, -0.2) is 36.5 Å². The highest BCUT2D eigenvalue weighted by Crippen LogP contribution is 2.34. The second kappa shape index (κ2) is 9.49. The first-order valence-electron chi connectivity index (χ1n) is 11.6. The Morgan fingerprint density at radius 1 is 0.895 bits per heavy atom. The highest BCUT2D eigenvalue weighted by Gasteiger charge is 2.33. The Balaban J connectivity index is 1.29. The number of halogens is 3. The van der Waals surface area contributed by atoms with E-state index in [1.54, 1.807) is 29.3 Å². The Morgan fingerprint density at radius 3 is 2.37 bits per heavy atom. The molecule has 1 aliphatic heterocycles. The lowest BCUT2D eigenvalue weighted by molar-refractivity contribution is 0.376. The van der Waals surface area contributed by atoms with Crippen molar-refractivity contribution >= 4 is 32.3 Å². The average Bonchev–Trinajstić information content (AvgIpc) is 3.50. The molecule has 5 aromatic rings. The minimum Gasteiger partial charge on any atom is -0.338 e. The van der Waals surface area contributed by atoms with E-state index in [1.807, 2.05) is 16.0 Å². The Labute approximate surface area is 219 Å². The van der Waals surface area contributed by atoms with E-state index in [1.165, 1.54) is 23.5 Å². The maximum absolute atomic E-state index is 14.2. The number of nitrogens with zero attached hydrogens (tertiary/aromatic N) is 6. The molecule has 0 amide bonds. The molecule has 0 N–H and O–H groups in total. The van der Waals surface area contributed by atoms with Crippen molar-refractivity contribution < 1.29 is 21.6 Å². The van der Waals surface area contributed by atoms with Gasteiger partial charge in [-0.3, -0.25) is 4.40 Å². The first-order chi connectivity index (χ1) is 18.3. The van der Waals surface area contributed by atoms with E-state index in [4.69, 9.17) is 4.98 Å². The van der Waals surface area contributed by atoms with Crippen LogP contribution in [0, 0.1) is 17.5 Å². The molecule has 1 saturated heterocycles. The zero-order chi connectivity index (χ0) is 26.4. The third-order valence-corrected chi connectivity index (χ3v) is 8.99. The predicted octanol–water partition coefficient (Wildman–Crippen LogP) is 4.45. The van der Waals surface area contributed by atoms with E-state index in [2.05, 4.69) is 9.97 Å². The van der Waals surface area contributed by atoms with E-state index in [0.717, 1.165) is 27.5 Å². The van der Waals surface area contributed by atoms with Crippen LogP contribution in [0.25, 0.3) is 27.6 Å². The zero-order valence-electron chi connectivity index (χ0n) is 19.6. The van der Waals surface area contributed by atoms with Crippen LogP contribution in [-0.2, 0) is 10.0 Å². The first kappa shape index (κ1) is 24.5. The standard InChI is InChI=1S/C25H19F3N6O2S2/c26-17-4-1-3-16(15-17)21-22(34-13-14-37-25(34)31-21)20-7-8-29-24(30-20)32-9-11-33(12-10-32)38(35,36)23-18(27)5-2-6-19(23)28/h1-8,13-15H,9-12H2. The second-order valence-corrected chi connectivity index (χ2v) is 11.3. The molecule has 0 atom stereocenters. The van der Waals surface area contributed by atoms with Gasteiger partial charge in [-0.15, -0.1) is 11.3 Å². The van der Waals surface area contributed by atoms with E-state index in [0.29, 0.717) is 28.6 Å². The van der Waals surface area contributed by atoms with Crippen molar-refractivity contribution in [2.24, 2.45) is 0 Å². The summed E-state index contributed by atoms with van der Waals surface area (Å²) in [5.74, 6) is -2.26. The first-order valence-corrected chi connectivity index (χ1v) is 13.9. The highest BCUT2D eigenvalue weighted by atomic mass is 32.2. The summed E-state index contributed by atoms with van der Waals surface area (Å²) in [5, 5.41) is 1.89. The van der Waals surface area contributed by atoms with E-state index in [9.17, 15) is 21.6 Å². The van der Waals surface area contributed by atoms with Crippen molar-refractivity contribution in [3.63, 3.8) is 0 Å². The Kier molecular flexibility index (Phi) is 6.13. The van der Waals surface area contributed by atoms with Gasteiger partial charge in [0.25, 0.3) is 0 Å². The molecule has 6 rings (SSSR count). The van der Waals surface area contributed by atoms with Gasteiger partial charge in [0, 0.05) is 49.5 Å². The Bertz CT molecular complexity index is 1740. The minimum absolute atomic E-state index is 0.000302. The fraction of sp³-hybridized carbons (Fsp3) is 0.160. The molecular formula is C25H19F3N6O2S2. The summed E-state index contributed by atoms with van der Waals surface area (Å²) < 4.78 is 71.2. The van der Waals surface area contributed by atoms with Gasteiger partial charge in [-0.1, -0.05) is 18.2 Å². The summed E-state index contributed by atoms with van der Waals surface area (Å²) in [6, 6.07) is 10.9. The van der Waals surface area contributed by atoms with Crippen molar-refractivity contribution in [1.82, 2.24) is 23.7 Å². The molecule has 0 unspecified atom stereocenters. The number of piperazine rings is 1. The molecule has 1 fully saturated rings. The number of aromatic nitrogens is 4. The zero-order valence-corrected chi connectivity index (χ0v) is 21.3. The van der Waals surface area contributed by atoms with E-state index < -0.39 is 26.6 Å². The van der Waals surface area contributed by atoms with Gasteiger partial charge in [0.1, 0.15) is 23.1 Å². The highest BCUT2D eigenvalue weighted by molar-refractivity contribution is 7.89. The molecule has 1 aliphatic rings. The van der Waals surface area contributed by atoms with Crippen molar-refractivity contribution in [2.75, 3.05) is 31.1 Å². The normalized spacial score (nSPS) is 14.9. The summed E-state index contributed by atoms with van der Waals surface area (Å²) in [5.41, 5.74) is 2.41. The molecule has 0 bridgehead atoms. The molecule has 0 aliphatic carbocycles. The van der Waals surface area contributed by atoms with Gasteiger partial charge in [0.15, 0.2) is 9.86 Å². The van der Waals surface area contributed by atoms with Gasteiger partial charge in [-0.05, 0) is 30.3 Å². The molecule has 0 saturated carbocycles. The topological polar surface area (TPSA) is 83.7 Å². The van der Waals surface area contributed by atoms with Gasteiger partial charge in [0.05, 0.1) is 11.4 Å². The van der Waals surface area contributed by atoms with Gasteiger partial charge >= 0.3 is 0 Å². The maximum Gasteiger partial charge on any atom is 0.249 e. The third kappa shape index (κ3) is 4.22. The number of anilines is 1. The lowest BCUT2D eigenvalue weighted by Gasteiger charge is -2.34. The number of sulfonamides is 1. The predicted molar refractivity (Wildman–Crippen MR) is 137 cm³/mol. The summed E-state index contributed by atoms with van der Waals surface area (Å²) in [6.45, 7) is 0.435. The smallest absolute Gasteiger partial charge is 0.249 e. The van der Waals surface area contributed by atoms with Crippen molar-refractivity contribution in [3.8, 4) is 22.6 Å². The number of imidazole rings is 1. The fourth-order valence-corrected chi connectivity index (χ4v) is 6.73. The largest absolute Gasteiger partial charge is 0.338 e. The van der Waals surface area contributed by atoms with E-state index in [-0.39, 0.29) is 32.0 Å². The lowest BCUT2D eigenvalue weighted by Crippen LogP contribution is -2.49. The molecule has 2 aromatic carbocycles. The number of hydrogen-bond acceptors (Lipinski definition) is 7. The Morgan fingerprint density at radius 2 is 1.63 bits per heavy atom. The second-order valence-electron chi connectivity index (χ2n) is 8.56. The van der Waals surface area contributed by atoms with Crippen molar-refractivity contribution in [1.29, 1.82) is 0 Å². The molecule has 194 valence electrons. The number of hydrogen-bond donors (Lipinski definition) is 0. The molecule has 0 spiro atoms. The summed E-state index contributed by atoms with van der Waals surface area (Å²) in [4.78, 5) is 15.4. The van der Waals surface area contributed by atoms with Crippen LogP contribution in [0.15, 0.2) is 71.2 Å². The molecule has 13 heteroatoms. The van der Waals surface area contributed by atoms with Crippen LogP contribution in [0.1, 0.15) is 0 Å². The van der Waals surface area contributed by atoms with E-state index >= 15 is 0 Å². The fourth-order valence-electron chi connectivity index (χ4n) is 4.49. The minimum atomic E-state index is -4.36. The molecule has 0 radical (unpaired) electrons. The molecule has 8 nitrogen and oxygen atoms in total. The van der Waals surface area contributed by atoms with Crippen LogP contribution in [-0.4, -0.2) is 58.3 Å². The van der Waals surface area contributed by atoms with Crippen LogP contribution >= 0.6 is 11.3 Å². The monoisotopic (exact) mass is 556 g/mol. The number of thiazole rings is 1. The quantitative estimate of drug-likeness (QED) is 0.318. The number of fused-ring (bicyclic) bond motifs is 1. The van der Waals surface area contributed by atoms with Crippen LogP contribution in [0.2, 0.25) is 0 Å². The Hall–Kier alpha value is -3.81. The molecule has 38 heavy (non-hydrogen) atoms. The SMILES string of the molecule is O=S(=O)(c1c(F)cccc1F)N1CCN(c2nccc(-c3c(-c4cccc(F)c4)nc4sccn34)n2)CC1. The van der Waals surface area contributed by atoms with Crippen LogP contribution in [0.5, 0.6) is 0 Å². The van der Waals surface area contributed by atoms with Gasteiger partial charge in [0.2, 0.25) is 16.0 Å². The summed E-state index contributed by atoms with van der Waals surface area (Å²) >= 11 is 1.44. The maximum atomic E-state index is 14.2. The van der Waals surface area contributed by atoms with Crippen LogP contribution in [0.4, 0.5) is 19.1 Å². The lowest BCUT2D eigenvalue weighted by atomic mass is 10.1.